The molecule has 114 valence electrons. The lowest BCUT2D eigenvalue weighted by Crippen LogP contribution is -2.22. The first-order valence-corrected chi connectivity index (χ1v) is 7.83. The van der Waals surface area contributed by atoms with Gasteiger partial charge in [0.2, 0.25) is 0 Å². The van der Waals surface area contributed by atoms with Crippen LogP contribution in [-0.4, -0.2) is 19.7 Å². The Bertz CT molecular complexity index is 362. The zero-order valence-corrected chi connectivity index (χ0v) is 13.8. The second kappa shape index (κ2) is 8.31. The first-order chi connectivity index (χ1) is 9.39. The SMILES string of the molecule is CC(C)CCCNCCOc1ccc(C(C)(C)C)cc1. The molecule has 0 aliphatic rings. The number of hydrogen-bond acceptors (Lipinski definition) is 2. The molecule has 0 aromatic heterocycles. The van der Waals surface area contributed by atoms with Crippen LogP contribution in [0.2, 0.25) is 0 Å². The van der Waals surface area contributed by atoms with Crippen molar-refractivity contribution < 1.29 is 4.74 Å². The fraction of sp³-hybridized carbons (Fsp3) is 0.667. The van der Waals surface area contributed by atoms with Gasteiger partial charge in [-0.15, -0.1) is 0 Å². The van der Waals surface area contributed by atoms with E-state index in [1.54, 1.807) is 0 Å². The predicted octanol–water partition coefficient (Wildman–Crippen LogP) is 4.39. The number of rotatable bonds is 8. The molecule has 20 heavy (non-hydrogen) atoms. The van der Waals surface area contributed by atoms with Gasteiger partial charge in [-0.2, -0.15) is 0 Å². The number of hydrogen-bond donors (Lipinski definition) is 1. The fourth-order valence-corrected chi connectivity index (χ4v) is 2.05. The monoisotopic (exact) mass is 277 g/mol. The molecular weight excluding hydrogens is 246 g/mol. The summed E-state index contributed by atoms with van der Waals surface area (Å²) in [5.41, 5.74) is 1.55. The van der Waals surface area contributed by atoms with E-state index in [-0.39, 0.29) is 5.41 Å². The number of ether oxygens (including phenoxy) is 1. The highest BCUT2D eigenvalue weighted by atomic mass is 16.5. The molecule has 1 aromatic rings. The average Bonchev–Trinajstić information content (AvgIpc) is 2.37. The van der Waals surface area contributed by atoms with Gasteiger partial charge in [-0.1, -0.05) is 46.8 Å². The molecule has 0 aliphatic carbocycles. The van der Waals surface area contributed by atoms with Gasteiger partial charge in [-0.3, -0.25) is 0 Å². The second-order valence-electron chi connectivity index (χ2n) is 6.91. The molecule has 0 saturated carbocycles. The van der Waals surface area contributed by atoms with Crippen LogP contribution in [-0.2, 0) is 5.41 Å². The van der Waals surface area contributed by atoms with Crippen molar-refractivity contribution in [3.8, 4) is 5.75 Å². The molecule has 0 amide bonds. The summed E-state index contributed by atoms with van der Waals surface area (Å²) < 4.78 is 5.74. The topological polar surface area (TPSA) is 21.3 Å². The zero-order valence-electron chi connectivity index (χ0n) is 13.8. The molecule has 0 unspecified atom stereocenters. The molecule has 1 rings (SSSR count). The van der Waals surface area contributed by atoms with Crippen LogP contribution >= 0.6 is 0 Å². The van der Waals surface area contributed by atoms with Crippen LogP contribution < -0.4 is 10.1 Å². The van der Waals surface area contributed by atoms with E-state index in [0.717, 1.165) is 31.4 Å². The number of benzene rings is 1. The van der Waals surface area contributed by atoms with Crippen molar-refractivity contribution in [1.82, 2.24) is 5.32 Å². The van der Waals surface area contributed by atoms with E-state index in [1.807, 2.05) is 0 Å². The van der Waals surface area contributed by atoms with Crippen LogP contribution in [0.15, 0.2) is 24.3 Å². The van der Waals surface area contributed by atoms with E-state index in [2.05, 4.69) is 64.2 Å². The molecule has 0 atom stereocenters. The van der Waals surface area contributed by atoms with Crippen LogP contribution in [0.3, 0.4) is 0 Å². The maximum atomic E-state index is 5.74. The average molecular weight is 277 g/mol. The Morgan fingerprint density at radius 2 is 1.70 bits per heavy atom. The van der Waals surface area contributed by atoms with Gasteiger partial charge in [0.1, 0.15) is 12.4 Å². The summed E-state index contributed by atoms with van der Waals surface area (Å²) in [6, 6.07) is 8.45. The first kappa shape index (κ1) is 17.0. The van der Waals surface area contributed by atoms with Gasteiger partial charge in [-0.05, 0) is 48.4 Å². The lowest BCUT2D eigenvalue weighted by atomic mass is 9.87. The summed E-state index contributed by atoms with van der Waals surface area (Å²) >= 11 is 0. The highest BCUT2D eigenvalue weighted by Gasteiger charge is 2.12. The molecule has 0 spiro atoms. The van der Waals surface area contributed by atoms with E-state index in [0.29, 0.717) is 0 Å². The van der Waals surface area contributed by atoms with Crippen LogP contribution in [0, 0.1) is 5.92 Å². The summed E-state index contributed by atoms with van der Waals surface area (Å²) in [5, 5.41) is 3.42. The quantitative estimate of drug-likeness (QED) is 0.712. The predicted molar refractivity (Wildman–Crippen MR) is 87.6 cm³/mol. The van der Waals surface area contributed by atoms with Crippen molar-refractivity contribution in [1.29, 1.82) is 0 Å². The molecule has 0 saturated heterocycles. The van der Waals surface area contributed by atoms with Crippen LogP contribution in [0.4, 0.5) is 0 Å². The van der Waals surface area contributed by atoms with Gasteiger partial charge in [0, 0.05) is 6.54 Å². The van der Waals surface area contributed by atoms with Gasteiger partial charge < -0.3 is 10.1 Å². The third-order valence-electron chi connectivity index (χ3n) is 3.40. The van der Waals surface area contributed by atoms with Crippen molar-refractivity contribution in [2.24, 2.45) is 5.92 Å². The third-order valence-corrected chi connectivity index (χ3v) is 3.40. The van der Waals surface area contributed by atoms with Gasteiger partial charge in [0.25, 0.3) is 0 Å². The van der Waals surface area contributed by atoms with Gasteiger partial charge in [0.15, 0.2) is 0 Å². The summed E-state index contributed by atoms with van der Waals surface area (Å²) in [7, 11) is 0. The third kappa shape index (κ3) is 6.95. The summed E-state index contributed by atoms with van der Waals surface area (Å²) in [4.78, 5) is 0. The Morgan fingerprint density at radius 3 is 2.25 bits per heavy atom. The standard InChI is InChI=1S/C18H31NO/c1-15(2)7-6-12-19-13-14-20-17-10-8-16(9-11-17)18(3,4)5/h8-11,15,19H,6-7,12-14H2,1-5H3. The maximum absolute atomic E-state index is 5.74. The molecule has 1 N–H and O–H groups in total. The molecule has 2 heteroatoms. The van der Waals surface area contributed by atoms with E-state index in [1.165, 1.54) is 18.4 Å². The van der Waals surface area contributed by atoms with E-state index in [9.17, 15) is 0 Å². The van der Waals surface area contributed by atoms with Crippen molar-refractivity contribution in [2.75, 3.05) is 19.7 Å². The first-order valence-electron chi connectivity index (χ1n) is 7.83. The molecular formula is C18H31NO. The van der Waals surface area contributed by atoms with Crippen LogP contribution in [0.5, 0.6) is 5.75 Å². The Kier molecular flexibility index (Phi) is 7.08. The van der Waals surface area contributed by atoms with Gasteiger partial charge >= 0.3 is 0 Å². The minimum absolute atomic E-state index is 0.205. The highest BCUT2D eigenvalue weighted by Crippen LogP contribution is 2.24. The van der Waals surface area contributed by atoms with Crippen molar-refractivity contribution in [2.45, 2.75) is 52.9 Å². The lowest BCUT2D eigenvalue weighted by Gasteiger charge is -2.19. The summed E-state index contributed by atoms with van der Waals surface area (Å²) in [6.45, 7) is 14.0. The molecule has 0 aliphatic heterocycles. The molecule has 2 nitrogen and oxygen atoms in total. The minimum Gasteiger partial charge on any atom is -0.492 e. The largest absolute Gasteiger partial charge is 0.492 e. The fourth-order valence-electron chi connectivity index (χ4n) is 2.05. The van der Waals surface area contributed by atoms with Gasteiger partial charge in [-0.25, -0.2) is 0 Å². The minimum atomic E-state index is 0.205. The maximum Gasteiger partial charge on any atom is 0.119 e. The highest BCUT2D eigenvalue weighted by molar-refractivity contribution is 5.31. The lowest BCUT2D eigenvalue weighted by molar-refractivity contribution is 0.313. The van der Waals surface area contributed by atoms with E-state index < -0.39 is 0 Å². The van der Waals surface area contributed by atoms with Crippen molar-refractivity contribution in [3.63, 3.8) is 0 Å². The van der Waals surface area contributed by atoms with E-state index >= 15 is 0 Å². The summed E-state index contributed by atoms with van der Waals surface area (Å²) in [6.07, 6.45) is 2.54. The summed E-state index contributed by atoms with van der Waals surface area (Å²) in [5.74, 6) is 1.76. The molecule has 0 radical (unpaired) electrons. The normalized spacial score (nSPS) is 11.9. The van der Waals surface area contributed by atoms with E-state index in [4.69, 9.17) is 4.74 Å². The second-order valence-corrected chi connectivity index (χ2v) is 6.91. The van der Waals surface area contributed by atoms with Crippen LogP contribution in [0.1, 0.15) is 53.0 Å². The van der Waals surface area contributed by atoms with Crippen molar-refractivity contribution in [3.05, 3.63) is 29.8 Å². The molecule has 1 aromatic carbocycles. The van der Waals surface area contributed by atoms with Crippen molar-refractivity contribution >= 4 is 0 Å². The van der Waals surface area contributed by atoms with Crippen LogP contribution in [0.25, 0.3) is 0 Å². The smallest absolute Gasteiger partial charge is 0.119 e. The number of nitrogens with one attached hydrogen (secondary N) is 1. The molecule has 0 heterocycles. The molecule has 0 bridgehead atoms. The Hall–Kier alpha value is -1.02. The molecule has 0 fully saturated rings. The Balaban J connectivity index is 2.16. The Morgan fingerprint density at radius 1 is 1.05 bits per heavy atom. The Labute approximate surface area is 124 Å². The van der Waals surface area contributed by atoms with Gasteiger partial charge in [0.05, 0.1) is 0 Å². The zero-order chi connectivity index (χ0) is 15.0.